The van der Waals surface area contributed by atoms with Crippen LogP contribution >= 0.6 is 0 Å². The zero-order chi connectivity index (χ0) is 17.6. The fourth-order valence-electron chi connectivity index (χ4n) is 3.00. The molecular weight excluding hydrogens is 312 g/mol. The van der Waals surface area contributed by atoms with Gasteiger partial charge >= 0.3 is 0 Å². The summed E-state index contributed by atoms with van der Waals surface area (Å²) in [7, 11) is 0. The summed E-state index contributed by atoms with van der Waals surface area (Å²) in [5.74, 6) is 0. The van der Waals surface area contributed by atoms with Crippen LogP contribution in [-0.2, 0) is 0 Å². The predicted octanol–water partition coefficient (Wildman–Crippen LogP) is 7.18. The van der Waals surface area contributed by atoms with Crippen molar-refractivity contribution in [1.82, 2.24) is 0 Å². The topological polar surface area (TPSA) is 0 Å². The van der Waals surface area contributed by atoms with Crippen LogP contribution < -0.4 is 0 Å². The summed E-state index contributed by atoms with van der Waals surface area (Å²) in [5.41, 5.74) is 4.87. The number of hydrogen-bond donors (Lipinski definition) is 0. The molecule has 0 radical (unpaired) electrons. The van der Waals surface area contributed by atoms with Crippen LogP contribution in [0.4, 0.5) is 0 Å². The fraction of sp³-hybridized carbons (Fsp3) is 0. The Morgan fingerprint density at radius 3 is 1.15 bits per heavy atom. The van der Waals surface area contributed by atoms with E-state index in [-0.39, 0.29) is 0 Å². The zero-order valence-electron chi connectivity index (χ0n) is 14.5. The molecule has 0 saturated heterocycles. The van der Waals surface area contributed by atoms with Crippen molar-refractivity contribution in [1.29, 1.82) is 0 Å². The second-order valence-electron chi connectivity index (χ2n) is 6.35. The Bertz CT molecular complexity index is 966. The van der Waals surface area contributed by atoms with Crippen molar-refractivity contribution in [2.45, 2.75) is 0 Å². The molecule has 0 aromatic heterocycles. The maximum atomic E-state index is 2.24. The monoisotopic (exact) mass is 332 g/mol. The lowest BCUT2D eigenvalue weighted by molar-refractivity contribution is 1.65. The molecule has 0 heterocycles. The summed E-state index contributed by atoms with van der Waals surface area (Å²) < 4.78 is 0. The van der Waals surface area contributed by atoms with Gasteiger partial charge in [0.1, 0.15) is 0 Å². The molecule has 0 spiro atoms. The Labute approximate surface area is 154 Å². The molecule has 0 unspecified atom stereocenters. The van der Waals surface area contributed by atoms with Gasteiger partial charge in [-0.2, -0.15) is 0 Å². The van der Waals surface area contributed by atoms with E-state index in [0.29, 0.717) is 0 Å². The lowest BCUT2D eigenvalue weighted by atomic mass is 10.0. The van der Waals surface area contributed by atoms with E-state index in [1.807, 2.05) is 12.1 Å². The number of hydrogen-bond acceptors (Lipinski definition) is 0. The third kappa shape index (κ3) is 3.99. The van der Waals surface area contributed by atoms with E-state index in [2.05, 4.69) is 109 Å². The van der Waals surface area contributed by atoms with E-state index in [0.717, 1.165) is 0 Å². The first-order valence-corrected chi connectivity index (χ1v) is 8.87. The Balaban J connectivity index is 1.56. The van der Waals surface area contributed by atoms with Crippen molar-refractivity contribution in [3.05, 3.63) is 119 Å². The largest absolute Gasteiger partial charge is 0.0622 e. The highest BCUT2D eigenvalue weighted by Gasteiger charge is 1.96. The van der Waals surface area contributed by atoms with Crippen molar-refractivity contribution in [3.8, 4) is 0 Å². The highest BCUT2D eigenvalue weighted by atomic mass is 14.0. The van der Waals surface area contributed by atoms with Gasteiger partial charge in [0, 0.05) is 0 Å². The van der Waals surface area contributed by atoms with Gasteiger partial charge in [0.15, 0.2) is 0 Å². The lowest BCUT2D eigenvalue weighted by Crippen LogP contribution is -1.79. The van der Waals surface area contributed by atoms with Crippen LogP contribution in [0, 0.1) is 0 Å². The summed E-state index contributed by atoms with van der Waals surface area (Å²) in [5, 5.41) is 2.52. The summed E-state index contributed by atoms with van der Waals surface area (Å²) in [6.07, 6.45) is 8.63. The smallest absolute Gasteiger partial charge is 0.0178 e. The van der Waals surface area contributed by atoms with Gasteiger partial charge in [-0.15, -0.1) is 0 Å². The predicted molar refractivity (Wildman–Crippen MR) is 115 cm³/mol. The SMILES string of the molecule is C(=Cc1ccc2cc(C=Cc3ccccc3)ccc2c1)c1ccccc1. The van der Waals surface area contributed by atoms with E-state index in [4.69, 9.17) is 0 Å². The van der Waals surface area contributed by atoms with Gasteiger partial charge in [0.25, 0.3) is 0 Å². The molecule has 4 aromatic rings. The second-order valence-corrected chi connectivity index (χ2v) is 6.35. The minimum absolute atomic E-state index is 1.22. The minimum atomic E-state index is 1.22. The third-order valence-electron chi connectivity index (χ3n) is 4.42. The molecule has 0 bridgehead atoms. The molecule has 0 amide bonds. The molecule has 4 aromatic carbocycles. The Hall–Kier alpha value is -3.38. The lowest BCUT2D eigenvalue weighted by Gasteiger charge is -2.02. The Kier molecular flexibility index (Phi) is 4.75. The van der Waals surface area contributed by atoms with E-state index in [9.17, 15) is 0 Å². The summed E-state index contributed by atoms with van der Waals surface area (Å²) >= 11 is 0. The first-order valence-electron chi connectivity index (χ1n) is 8.87. The molecule has 0 saturated carbocycles. The van der Waals surface area contributed by atoms with Crippen LogP contribution in [0.1, 0.15) is 22.3 Å². The van der Waals surface area contributed by atoms with Gasteiger partial charge in [-0.1, -0.05) is 109 Å². The van der Waals surface area contributed by atoms with Gasteiger partial charge in [-0.25, -0.2) is 0 Å². The van der Waals surface area contributed by atoms with Gasteiger partial charge < -0.3 is 0 Å². The van der Waals surface area contributed by atoms with Crippen LogP contribution in [0.25, 0.3) is 35.1 Å². The standard InChI is InChI=1S/C26H20/c1-3-7-21(8-4-1)11-13-23-15-17-26-20-24(16-18-25(26)19-23)14-12-22-9-5-2-6-10-22/h1-20H. The number of benzene rings is 4. The van der Waals surface area contributed by atoms with Crippen molar-refractivity contribution >= 4 is 35.1 Å². The van der Waals surface area contributed by atoms with Crippen molar-refractivity contribution in [2.75, 3.05) is 0 Å². The highest BCUT2D eigenvalue weighted by Crippen LogP contribution is 2.20. The van der Waals surface area contributed by atoms with E-state index < -0.39 is 0 Å². The Morgan fingerprint density at radius 1 is 0.346 bits per heavy atom. The number of rotatable bonds is 4. The second kappa shape index (κ2) is 7.67. The van der Waals surface area contributed by atoms with Crippen LogP contribution in [-0.4, -0.2) is 0 Å². The summed E-state index contributed by atoms with van der Waals surface area (Å²) in [6.45, 7) is 0. The highest BCUT2D eigenvalue weighted by molar-refractivity contribution is 5.88. The summed E-state index contributed by atoms with van der Waals surface area (Å²) in [4.78, 5) is 0. The molecule has 0 fully saturated rings. The number of fused-ring (bicyclic) bond motifs is 1. The van der Waals surface area contributed by atoms with Crippen molar-refractivity contribution in [2.24, 2.45) is 0 Å². The molecule has 4 rings (SSSR count). The van der Waals surface area contributed by atoms with E-state index in [1.165, 1.54) is 33.0 Å². The first kappa shape index (κ1) is 16.1. The molecule has 0 nitrogen and oxygen atoms in total. The zero-order valence-corrected chi connectivity index (χ0v) is 14.5. The minimum Gasteiger partial charge on any atom is -0.0622 e. The van der Waals surface area contributed by atoms with Crippen LogP contribution in [0.5, 0.6) is 0 Å². The molecule has 0 aliphatic rings. The first-order chi connectivity index (χ1) is 12.9. The molecular formula is C26H20. The Morgan fingerprint density at radius 2 is 0.731 bits per heavy atom. The van der Waals surface area contributed by atoms with Gasteiger partial charge in [0.05, 0.1) is 0 Å². The van der Waals surface area contributed by atoms with Crippen LogP contribution in [0.2, 0.25) is 0 Å². The molecule has 0 N–H and O–H groups in total. The van der Waals surface area contributed by atoms with Gasteiger partial charge in [-0.05, 0) is 45.2 Å². The average Bonchev–Trinajstić information content (AvgIpc) is 2.72. The maximum Gasteiger partial charge on any atom is -0.0178 e. The van der Waals surface area contributed by atoms with Crippen molar-refractivity contribution < 1.29 is 0 Å². The fourth-order valence-corrected chi connectivity index (χ4v) is 3.00. The third-order valence-corrected chi connectivity index (χ3v) is 4.42. The molecule has 0 heteroatoms. The quantitative estimate of drug-likeness (QED) is 0.347. The van der Waals surface area contributed by atoms with E-state index in [1.54, 1.807) is 0 Å². The maximum absolute atomic E-state index is 2.24. The molecule has 124 valence electrons. The molecule has 0 atom stereocenters. The average molecular weight is 332 g/mol. The molecule has 0 aliphatic heterocycles. The molecule has 26 heavy (non-hydrogen) atoms. The van der Waals surface area contributed by atoms with Crippen LogP contribution in [0.15, 0.2) is 97.1 Å². The normalized spacial score (nSPS) is 11.5. The van der Waals surface area contributed by atoms with Crippen molar-refractivity contribution in [3.63, 3.8) is 0 Å². The van der Waals surface area contributed by atoms with E-state index >= 15 is 0 Å². The summed E-state index contributed by atoms with van der Waals surface area (Å²) in [6, 6.07) is 34.0. The van der Waals surface area contributed by atoms with Crippen LogP contribution in [0.3, 0.4) is 0 Å². The molecule has 0 aliphatic carbocycles. The van der Waals surface area contributed by atoms with Gasteiger partial charge in [0.2, 0.25) is 0 Å². The van der Waals surface area contributed by atoms with Gasteiger partial charge in [-0.3, -0.25) is 0 Å².